The lowest BCUT2D eigenvalue weighted by Gasteiger charge is -2.40. The molecule has 2 unspecified atom stereocenters. The Bertz CT molecular complexity index is 644. The topological polar surface area (TPSA) is 82.1 Å². The smallest absolute Gasteiger partial charge is 0.240 e. The normalized spacial score (nSPS) is 25.0. The molecule has 2 aromatic rings. The van der Waals surface area contributed by atoms with Gasteiger partial charge in [0.2, 0.25) is 5.89 Å². The van der Waals surface area contributed by atoms with E-state index < -0.39 is 0 Å². The molecule has 0 saturated carbocycles. The minimum Gasteiger partial charge on any atom is -0.370 e. The van der Waals surface area contributed by atoms with Gasteiger partial charge in [0.15, 0.2) is 5.82 Å². The molecule has 0 aromatic carbocycles. The van der Waals surface area contributed by atoms with Crippen molar-refractivity contribution in [3.63, 3.8) is 0 Å². The zero-order valence-corrected chi connectivity index (χ0v) is 13.2. The summed E-state index contributed by atoms with van der Waals surface area (Å²) in [5.41, 5.74) is 1.04. The summed E-state index contributed by atoms with van der Waals surface area (Å²) in [5.74, 6) is 2.22. The SMILES string of the molecule is CSCc1noc(CN2CCC3OCc4cnnn4C3C2)n1. The van der Waals surface area contributed by atoms with Crippen molar-refractivity contribution in [1.29, 1.82) is 0 Å². The molecule has 1 saturated heterocycles. The second kappa shape index (κ2) is 5.98. The highest BCUT2D eigenvalue weighted by Crippen LogP contribution is 2.30. The molecule has 9 heteroatoms. The highest BCUT2D eigenvalue weighted by atomic mass is 32.2. The van der Waals surface area contributed by atoms with E-state index in [1.165, 1.54) is 0 Å². The average molecular weight is 322 g/mol. The van der Waals surface area contributed by atoms with Crippen LogP contribution in [0.3, 0.4) is 0 Å². The van der Waals surface area contributed by atoms with E-state index in [2.05, 4.69) is 25.4 Å². The standard InChI is InChI=1S/C13H18N6O2S/c1-22-8-12-15-13(21-16-12)6-18-3-2-11-10(5-18)19-9(7-20-11)4-14-17-19/h4,10-11H,2-3,5-8H2,1H3. The third kappa shape index (κ3) is 2.64. The van der Waals surface area contributed by atoms with Crippen LogP contribution in [0.4, 0.5) is 0 Å². The van der Waals surface area contributed by atoms with Crippen LogP contribution in [-0.2, 0) is 23.6 Å². The number of hydrogen-bond acceptors (Lipinski definition) is 8. The van der Waals surface area contributed by atoms with Crippen molar-refractivity contribution in [2.45, 2.75) is 37.5 Å². The van der Waals surface area contributed by atoms with Gasteiger partial charge < -0.3 is 9.26 Å². The van der Waals surface area contributed by atoms with Crippen LogP contribution in [0.2, 0.25) is 0 Å². The van der Waals surface area contributed by atoms with Gasteiger partial charge in [-0.05, 0) is 12.7 Å². The summed E-state index contributed by atoms with van der Waals surface area (Å²) in [6.45, 7) is 3.11. The fourth-order valence-corrected chi connectivity index (χ4v) is 3.50. The minimum absolute atomic E-state index is 0.216. The monoisotopic (exact) mass is 322 g/mol. The maximum atomic E-state index is 5.92. The van der Waals surface area contributed by atoms with Crippen LogP contribution < -0.4 is 0 Å². The van der Waals surface area contributed by atoms with Crippen LogP contribution in [0.15, 0.2) is 10.7 Å². The van der Waals surface area contributed by atoms with Crippen molar-refractivity contribution in [3.05, 3.63) is 23.6 Å². The molecule has 0 bridgehead atoms. The van der Waals surface area contributed by atoms with Gasteiger partial charge >= 0.3 is 0 Å². The first-order valence-electron chi connectivity index (χ1n) is 7.37. The highest BCUT2D eigenvalue weighted by molar-refractivity contribution is 7.97. The fraction of sp³-hybridized carbons (Fsp3) is 0.692. The summed E-state index contributed by atoms with van der Waals surface area (Å²) in [7, 11) is 0. The quantitative estimate of drug-likeness (QED) is 0.820. The largest absolute Gasteiger partial charge is 0.370 e. The van der Waals surface area contributed by atoms with Crippen molar-refractivity contribution < 1.29 is 9.26 Å². The molecule has 22 heavy (non-hydrogen) atoms. The molecule has 2 aliphatic heterocycles. The van der Waals surface area contributed by atoms with Crippen molar-refractivity contribution in [1.82, 2.24) is 30.0 Å². The third-order valence-corrected chi connectivity index (χ3v) is 4.70. The van der Waals surface area contributed by atoms with Gasteiger partial charge in [-0.25, -0.2) is 4.68 Å². The Morgan fingerprint density at radius 2 is 2.41 bits per heavy atom. The molecule has 4 rings (SSSR count). The lowest BCUT2D eigenvalue weighted by molar-refractivity contribution is -0.0681. The first-order valence-corrected chi connectivity index (χ1v) is 8.76. The van der Waals surface area contributed by atoms with Gasteiger partial charge in [0.1, 0.15) is 0 Å². The fourth-order valence-electron chi connectivity index (χ4n) is 3.12. The van der Waals surface area contributed by atoms with E-state index in [1.807, 2.05) is 10.9 Å². The molecular formula is C13H18N6O2S. The lowest BCUT2D eigenvalue weighted by Crippen LogP contribution is -2.47. The van der Waals surface area contributed by atoms with E-state index in [4.69, 9.17) is 9.26 Å². The summed E-state index contributed by atoms with van der Waals surface area (Å²) in [4.78, 5) is 6.74. The zero-order valence-electron chi connectivity index (χ0n) is 12.4. The van der Waals surface area contributed by atoms with Crippen molar-refractivity contribution in [2.24, 2.45) is 0 Å². The molecule has 2 aliphatic rings. The predicted molar refractivity (Wildman–Crippen MR) is 79.0 cm³/mol. The summed E-state index contributed by atoms with van der Waals surface area (Å²) in [5, 5.41) is 12.2. The second-order valence-corrected chi connectivity index (χ2v) is 6.51. The minimum atomic E-state index is 0.216. The molecule has 2 aromatic heterocycles. The Balaban J connectivity index is 1.45. The molecule has 0 spiro atoms. The molecule has 0 aliphatic carbocycles. The summed E-state index contributed by atoms with van der Waals surface area (Å²) in [6.07, 6.45) is 5.01. The Morgan fingerprint density at radius 1 is 1.45 bits per heavy atom. The van der Waals surface area contributed by atoms with Crippen LogP contribution in [0, 0.1) is 0 Å². The van der Waals surface area contributed by atoms with Crippen molar-refractivity contribution >= 4 is 11.8 Å². The second-order valence-electron chi connectivity index (χ2n) is 5.65. The van der Waals surface area contributed by atoms with Crippen LogP contribution in [0.25, 0.3) is 0 Å². The van der Waals surface area contributed by atoms with Gasteiger partial charge in [0, 0.05) is 13.1 Å². The van der Waals surface area contributed by atoms with Crippen LogP contribution in [-0.4, -0.2) is 55.5 Å². The summed E-state index contributed by atoms with van der Waals surface area (Å²) < 4.78 is 13.3. The van der Waals surface area contributed by atoms with Crippen molar-refractivity contribution in [2.75, 3.05) is 19.3 Å². The van der Waals surface area contributed by atoms with Crippen LogP contribution >= 0.6 is 11.8 Å². The first-order chi connectivity index (χ1) is 10.8. The molecule has 8 nitrogen and oxygen atoms in total. The Kier molecular flexibility index (Phi) is 3.85. The Labute approximate surface area is 132 Å². The summed E-state index contributed by atoms with van der Waals surface area (Å²) in [6, 6.07) is 0.216. The van der Waals surface area contributed by atoms with Gasteiger partial charge in [-0.3, -0.25) is 4.90 Å². The molecule has 0 amide bonds. The summed E-state index contributed by atoms with van der Waals surface area (Å²) >= 11 is 1.69. The number of rotatable bonds is 4. The van der Waals surface area contributed by atoms with E-state index in [9.17, 15) is 0 Å². The number of aromatic nitrogens is 5. The zero-order chi connectivity index (χ0) is 14.9. The van der Waals surface area contributed by atoms with E-state index in [-0.39, 0.29) is 12.1 Å². The van der Waals surface area contributed by atoms with Gasteiger partial charge in [-0.2, -0.15) is 16.7 Å². The number of nitrogens with zero attached hydrogens (tertiary/aromatic N) is 6. The molecular weight excluding hydrogens is 304 g/mol. The molecule has 0 radical (unpaired) electrons. The van der Waals surface area contributed by atoms with E-state index in [0.29, 0.717) is 19.0 Å². The average Bonchev–Trinajstić information content (AvgIpc) is 3.17. The number of fused-ring (bicyclic) bond motifs is 3. The maximum Gasteiger partial charge on any atom is 0.240 e. The lowest BCUT2D eigenvalue weighted by atomic mass is 10.0. The van der Waals surface area contributed by atoms with Gasteiger partial charge in [0.25, 0.3) is 0 Å². The number of ether oxygens (including phenoxy) is 1. The number of thioether (sulfide) groups is 1. The maximum absolute atomic E-state index is 5.92. The van der Waals surface area contributed by atoms with E-state index in [1.54, 1.807) is 18.0 Å². The van der Waals surface area contributed by atoms with E-state index >= 15 is 0 Å². The molecule has 2 atom stereocenters. The Morgan fingerprint density at radius 3 is 3.32 bits per heavy atom. The van der Waals surface area contributed by atoms with Crippen LogP contribution in [0.5, 0.6) is 0 Å². The van der Waals surface area contributed by atoms with Crippen molar-refractivity contribution in [3.8, 4) is 0 Å². The number of likely N-dealkylation sites (tertiary alicyclic amines) is 1. The predicted octanol–water partition coefficient (Wildman–Crippen LogP) is 0.870. The number of hydrogen-bond donors (Lipinski definition) is 0. The van der Waals surface area contributed by atoms with Gasteiger partial charge in [-0.1, -0.05) is 10.4 Å². The molecule has 118 valence electrons. The molecule has 1 fully saturated rings. The van der Waals surface area contributed by atoms with Gasteiger partial charge in [-0.15, -0.1) is 5.10 Å². The number of piperidine rings is 1. The Hall–Kier alpha value is -1.45. The highest BCUT2D eigenvalue weighted by Gasteiger charge is 2.36. The van der Waals surface area contributed by atoms with Gasteiger partial charge in [0.05, 0.1) is 42.9 Å². The van der Waals surface area contributed by atoms with E-state index in [0.717, 1.165) is 36.8 Å². The van der Waals surface area contributed by atoms with Crippen LogP contribution in [0.1, 0.15) is 29.9 Å². The third-order valence-electron chi connectivity index (χ3n) is 4.16. The first kappa shape index (κ1) is 14.2. The molecule has 0 N–H and O–H groups in total. The molecule has 4 heterocycles.